The number of methoxy groups -OCH3 is 1. The second-order valence-corrected chi connectivity index (χ2v) is 20.9. The molecular formula is C41H32N10O16S5. The fourth-order valence-corrected chi connectivity index (χ4v) is 11.0. The molecule has 0 saturated heterocycles. The van der Waals surface area contributed by atoms with Crippen LogP contribution in [0.5, 0.6) is 23.1 Å². The third-order valence-electron chi connectivity index (χ3n) is 10.4. The minimum absolute atomic E-state index is 0.0296. The Morgan fingerprint density at radius 1 is 0.778 bits per heavy atom. The van der Waals surface area contributed by atoms with Crippen molar-refractivity contribution in [2.75, 3.05) is 19.5 Å². The number of pyridine rings is 1. The van der Waals surface area contributed by atoms with Crippen LogP contribution in [0.1, 0.15) is 23.1 Å². The Morgan fingerprint density at radius 3 is 2.18 bits per heavy atom. The van der Waals surface area contributed by atoms with Gasteiger partial charge in [0.05, 0.1) is 63.3 Å². The van der Waals surface area contributed by atoms with Crippen molar-refractivity contribution in [3.8, 4) is 29.2 Å². The zero-order valence-electron chi connectivity index (χ0n) is 36.8. The molecule has 0 aliphatic heterocycles. The molecule has 0 saturated carbocycles. The molecule has 3 aromatic heterocycles. The van der Waals surface area contributed by atoms with Crippen LogP contribution in [-0.2, 0) is 39.7 Å². The van der Waals surface area contributed by atoms with Gasteiger partial charge in [0.1, 0.15) is 45.1 Å². The fourth-order valence-electron chi connectivity index (χ4n) is 7.24. The highest BCUT2D eigenvalue weighted by atomic mass is 32.2. The Kier molecular flexibility index (Phi) is 14.2. The number of ether oxygens (including phenoxy) is 2. The second-order valence-electron chi connectivity index (χ2n) is 14.9. The second kappa shape index (κ2) is 20.0. The molecule has 31 heteroatoms. The zero-order chi connectivity index (χ0) is 51.9. The molecule has 8 rings (SSSR count). The molecule has 0 bridgehead atoms. The largest absolute Gasteiger partial charge is 0.505 e. The molecule has 8 aromatic rings. The van der Waals surface area contributed by atoms with Gasteiger partial charge in [-0.2, -0.15) is 30.5 Å². The van der Waals surface area contributed by atoms with Crippen molar-refractivity contribution in [1.29, 1.82) is 5.26 Å². The third kappa shape index (κ3) is 10.2. The van der Waals surface area contributed by atoms with Gasteiger partial charge in [-0.05, 0) is 74.4 Å². The number of para-hydroxylation sites is 2. The highest BCUT2D eigenvalue weighted by Gasteiger charge is 2.27. The lowest BCUT2D eigenvalue weighted by Crippen LogP contribution is -2.08. The van der Waals surface area contributed by atoms with E-state index in [0.717, 1.165) is 23.5 Å². The maximum absolute atomic E-state index is 13.1. The summed E-state index contributed by atoms with van der Waals surface area (Å²) in [5, 5.41) is 70.2. The molecule has 0 amide bonds. The van der Waals surface area contributed by atoms with Crippen molar-refractivity contribution in [3.63, 3.8) is 0 Å². The standard InChI is InChI=1S/C41H32N10O16S5/c1-19-15-28(31(65-13-6-14-70(55,56)57)17-27(19)46-50-41-44-25-11-12-30(64-3)38(36(25)68-41)72(61,62)63)47-49-34-32(69-67-66-54)16-22-21(35(34)52)9-10-26(37(22)71(58,59)60)45-48-33-20(2)23(18-42)39-43-24-7-4-5-8-29(24)51(39)40(33)53/h4-5,7-12,15-17,52-54H,6,13-14H2,1-3H3,(H,55,56,57)(H,58,59,60)(H,61,62,63). The number of phenols is 1. The number of benzene rings is 5. The molecule has 0 atom stereocenters. The van der Waals surface area contributed by atoms with E-state index in [9.17, 15) is 54.4 Å². The van der Waals surface area contributed by atoms with Crippen LogP contribution in [0.25, 0.3) is 37.7 Å². The number of thiazole rings is 1. The van der Waals surface area contributed by atoms with E-state index in [1.807, 2.05) is 6.07 Å². The number of aryl methyl sites for hydroxylation is 1. The van der Waals surface area contributed by atoms with E-state index >= 15 is 0 Å². The number of hydrogen-bond acceptors (Lipinski definition) is 24. The number of nitrogens with zero attached hydrogens (tertiary/aromatic N) is 10. The van der Waals surface area contributed by atoms with Crippen LogP contribution < -0.4 is 9.47 Å². The Morgan fingerprint density at radius 2 is 1.49 bits per heavy atom. The SMILES string of the molecule is COc1ccc2nc(N=Nc3cc(OCCCS(=O)(=O)O)c(N=Nc4c(SOOO)cc5c(S(=O)(=O)O)c(N=Nc6c(C)c(C#N)c7nc8ccccc8n7c6O)ccc5c4O)cc3C)sc2c1S(=O)(=O)O. The number of aromatic hydroxyl groups is 2. The quantitative estimate of drug-likeness (QED) is 0.0123. The fraction of sp³-hybridized carbons (Fsp3) is 0.146. The van der Waals surface area contributed by atoms with Crippen molar-refractivity contribution >= 4 is 125 Å². The summed E-state index contributed by atoms with van der Waals surface area (Å²) < 4.78 is 120. The molecule has 26 nitrogen and oxygen atoms in total. The Balaban J connectivity index is 1.21. The summed E-state index contributed by atoms with van der Waals surface area (Å²) in [6.45, 7) is 2.73. The van der Waals surface area contributed by atoms with Crippen LogP contribution in [0.4, 0.5) is 33.6 Å². The molecule has 3 heterocycles. The van der Waals surface area contributed by atoms with Crippen molar-refractivity contribution in [2.45, 2.75) is 35.0 Å². The molecule has 0 fully saturated rings. The van der Waals surface area contributed by atoms with E-state index in [1.54, 1.807) is 31.2 Å². The summed E-state index contributed by atoms with van der Waals surface area (Å²) >= 11 is 0.988. The first-order chi connectivity index (χ1) is 34.1. The summed E-state index contributed by atoms with van der Waals surface area (Å²) in [4.78, 5) is 7.02. The monoisotopic (exact) mass is 1080 g/mol. The van der Waals surface area contributed by atoms with Gasteiger partial charge in [0.2, 0.25) is 11.0 Å². The number of aromatic nitrogens is 3. The van der Waals surface area contributed by atoms with Gasteiger partial charge in [0.25, 0.3) is 30.4 Å². The molecule has 0 spiro atoms. The number of rotatable bonds is 17. The minimum Gasteiger partial charge on any atom is -0.505 e. The lowest BCUT2D eigenvalue weighted by Gasteiger charge is -2.13. The smallest absolute Gasteiger partial charge is 0.299 e. The Labute approximate surface area is 413 Å². The maximum atomic E-state index is 13.1. The predicted octanol–water partition coefficient (Wildman–Crippen LogP) is 9.98. The van der Waals surface area contributed by atoms with Crippen molar-refractivity contribution < 1.29 is 73.2 Å². The zero-order valence-corrected chi connectivity index (χ0v) is 40.8. The summed E-state index contributed by atoms with van der Waals surface area (Å²) in [5.74, 6) is -2.17. The molecule has 0 aliphatic rings. The van der Waals surface area contributed by atoms with Gasteiger partial charge in [-0.15, -0.1) is 35.0 Å². The molecule has 0 aliphatic carbocycles. The van der Waals surface area contributed by atoms with E-state index in [-0.39, 0.29) is 101 Å². The van der Waals surface area contributed by atoms with E-state index in [0.29, 0.717) is 16.6 Å². The van der Waals surface area contributed by atoms with Crippen LogP contribution >= 0.6 is 23.4 Å². The van der Waals surface area contributed by atoms with Gasteiger partial charge < -0.3 is 19.7 Å². The molecule has 0 radical (unpaired) electrons. The minimum atomic E-state index is -5.26. The summed E-state index contributed by atoms with van der Waals surface area (Å²) in [6, 6.07) is 17.6. The van der Waals surface area contributed by atoms with Crippen LogP contribution in [-0.4, -0.2) is 88.2 Å². The molecular weight excluding hydrogens is 1050 g/mol. The number of imidazole rings is 1. The van der Waals surface area contributed by atoms with Gasteiger partial charge >= 0.3 is 0 Å². The van der Waals surface area contributed by atoms with Gasteiger partial charge in [-0.3, -0.25) is 18.1 Å². The normalized spacial score (nSPS) is 12.7. The van der Waals surface area contributed by atoms with E-state index in [2.05, 4.69) is 50.0 Å². The lowest BCUT2D eigenvalue weighted by molar-refractivity contribution is -0.432. The van der Waals surface area contributed by atoms with Gasteiger partial charge in [-0.25, -0.2) is 15.2 Å². The number of nitriles is 1. The Bertz CT molecular complexity index is 4030. The van der Waals surface area contributed by atoms with Crippen LogP contribution in [0.3, 0.4) is 0 Å². The van der Waals surface area contributed by atoms with Crippen molar-refractivity contribution in [2.24, 2.45) is 30.7 Å². The first-order valence-corrected chi connectivity index (χ1v) is 26.1. The third-order valence-corrected chi connectivity index (χ3v) is 14.8. The van der Waals surface area contributed by atoms with E-state index in [1.165, 1.54) is 48.8 Å². The van der Waals surface area contributed by atoms with Crippen molar-refractivity contribution in [3.05, 3.63) is 83.4 Å². The predicted molar refractivity (Wildman–Crippen MR) is 256 cm³/mol. The highest BCUT2D eigenvalue weighted by Crippen LogP contribution is 2.49. The maximum Gasteiger partial charge on any atom is 0.299 e. The van der Waals surface area contributed by atoms with E-state index < -0.39 is 68.9 Å². The van der Waals surface area contributed by atoms with Crippen LogP contribution in [0.15, 0.2) is 112 Å². The average molecular weight is 1080 g/mol. The summed E-state index contributed by atoms with van der Waals surface area (Å²) in [7, 11) is -13.2. The molecule has 0 unspecified atom stereocenters. The number of phenolic OH excluding ortho intramolecular Hbond substituents is 1. The van der Waals surface area contributed by atoms with Gasteiger partial charge in [0, 0.05) is 22.4 Å². The summed E-state index contributed by atoms with van der Waals surface area (Å²) in [6.07, 6.45) is -0.202. The van der Waals surface area contributed by atoms with Gasteiger partial charge in [-0.1, -0.05) is 28.5 Å². The number of fused-ring (bicyclic) bond motifs is 5. The first kappa shape index (κ1) is 51.0. The number of hydrogen-bond donors (Lipinski definition) is 6. The Hall–Kier alpha value is -7.35. The van der Waals surface area contributed by atoms with Crippen LogP contribution in [0, 0.1) is 25.2 Å². The van der Waals surface area contributed by atoms with Gasteiger partial charge in [0.15, 0.2) is 22.0 Å². The van der Waals surface area contributed by atoms with Crippen molar-refractivity contribution in [1.82, 2.24) is 14.4 Å². The van der Waals surface area contributed by atoms with E-state index in [4.69, 9.17) is 14.7 Å². The summed E-state index contributed by atoms with van der Waals surface area (Å²) in [5.41, 5.74) is 0.548. The lowest BCUT2D eigenvalue weighted by atomic mass is 10.1. The number of azo groups is 3. The molecule has 372 valence electrons. The molecule has 6 N–H and O–H groups in total. The molecule has 72 heavy (non-hydrogen) atoms. The van der Waals surface area contributed by atoms with Crippen LogP contribution in [0.2, 0.25) is 0 Å². The highest BCUT2D eigenvalue weighted by molar-refractivity contribution is 7.94. The topological polar surface area (TPSA) is 389 Å². The average Bonchev–Trinajstić information content (AvgIpc) is 3.92. The first-order valence-electron chi connectivity index (χ1n) is 20.0. The molecule has 5 aromatic carbocycles.